The standard InChI is InChI=1S/C19H22BrN3O4S/c1-13(14-2-4-15(5-3-14)23-8-10-27-11-9-23)22-19(24)17-12-16(28(21,25)26)6-7-18(17)20/h2-7,12-13H,8-11H2,1H3,(H,22,24)(H2,21,25,26). The second kappa shape index (κ2) is 8.60. The van der Waals surface area contributed by atoms with Crippen molar-refractivity contribution in [1.29, 1.82) is 0 Å². The van der Waals surface area contributed by atoms with Crippen LogP contribution < -0.4 is 15.4 Å². The SMILES string of the molecule is CC(NC(=O)c1cc(S(N)(=O)=O)ccc1Br)c1ccc(N2CCOCC2)cc1. The van der Waals surface area contributed by atoms with Gasteiger partial charge in [0.15, 0.2) is 0 Å². The Bertz CT molecular complexity index is 958. The number of hydrogen-bond donors (Lipinski definition) is 2. The molecule has 1 fully saturated rings. The number of nitrogens with one attached hydrogen (secondary N) is 1. The highest BCUT2D eigenvalue weighted by Gasteiger charge is 2.18. The molecule has 0 saturated carbocycles. The van der Waals surface area contributed by atoms with Crippen molar-refractivity contribution in [2.45, 2.75) is 17.9 Å². The maximum Gasteiger partial charge on any atom is 0.252 e. The minimum absolute atomic E-state index is 0.108. The number of nitrogens with zero attached hydrogens (tertiary/aromatic N) is 1. The molecule has 150 valence electrons. The van der Waals surface area contributed by atoms with Crippen molar-refractivity contribution in [2.75, 3.05) is 31.2 Å². The highest BCUT2D eigenvalue weighted by atomic mass is 79.9. The van der Waals surface area contributed by atoms with Gasteiger partial charge >= 0.3 is 0 Å². The number of carbonyl (C=O) groups excluding carboxylic acids is 1. The highest BCUT2D eigenvalue weighted by Crippen LogP contribution is 2.23. The molecule has 1 unspecified atom stereocenters. The monoisotopic (exact) mass is 467 g/mol. The third-order valence-corrected chi connectivity index (χ3v) is 6.23. The van der Waals surface area contributed by atoms with E-state index in [0.717, 1.165) is 37.6 Å². The summed E-state index contributed by atoms with van der Waals surface area (Å²) in [5.74, 6) is -0.387. The van der Waals surface area contributed by atoms with E-state index in [1.165, 1.54) is 18.2 Å². The molecule has 0 aromatic heterocycles. The molecule has 0 radical (unpaired) electrons. The molecule has 3 rings (SSSR count). The van der Waals surface area contributed by atoms with Crippen LogP contribution >= 0.6 is 15.9 Å². The van der Waals surface area contributed by atoms with Gasteiger partial charge in [-0.3, -0.25) is 4.79 Å². The Hall–Kier alpha value is -1.94. The fourth-order valence-corrected chi connectivity index (χ4v) is 3.97. The molecule has 0 aliphatic carbocycles. The number of hydrogen-bond acceptors (Lipinski definition) is 5. The Morgan fingerprint density at radius 1 is 1.18 bits per heavy atom. The summed E-state index contributed by atoms with van der Waals surface area (Å²) in [6.45, 7) is 5.04. The van der Waals surface area contributed by atoms with Crippen molar-refractivity contribution >= 4 is 37.5 Å². The smallest absolute Gasteiger partial charge is 0.252 e. The molecule has 1 aliphatic heterocycles. The van der Waals surface area contributed by atoms with Gasteiger partial charge in [0.1, 0.15) is 0 Å². The number of morpholine rings is 1. The number of carbonyl (C=O) groups is 1. The van der Waals surface area contributed by atoms with Gasteiger partial charge in [0.05, 0.1) is 29.7 Å². The van der Waals surface area contributed by atoms with Crippen molar-refractivity contribution in [1.82, 2.24) is 5.32 Å². The van der Waals surface area contributed by atoms with Crippen molar-refractivity contribution in [3.05, 3.63) is 58.1 Å². The maximum atomic E-state index is 12.6. The highest BCUT2D eigenvalue weighted by molar-refractivity contribution is 9.10. The van der Waals surface area contributed by atoms with Crippen molar-refractivity contribution in [3.63, 3.8) is 0 Å². The zero-order chi connectivity index (χ0) is 20.3. The fourth-order valence-electron chi connectivity index (χ4n) is 3.01. The van der Waals surface area contributed by atoms with Gasteiger partial charge in [0, 0.05) is 23.2 Å². The molecule has 3 N–H and O–H groups in total. The number of amides is 1. The van der Waals surface area contributed by atoms with Gasteiger partial charge in [-0.25, -0.2) is 13.6 Å². The van der Waals surface area contributed by atoms with E-state index in [1.54, 1.807) is 0 Å². The summed E-state index contributed by atoms with van der Waals surface area (Å²) < 4.78 is 29.0. The predicted octanol–water partition coefficient (Wildman–Crippen LogP) is 2.42. The molecule has 1 saturated heterocycles. The summed E-state index contributed by atoms with van der Waals surface area (Å²) in [4.78, 5) is 14.8. The number of benzene rings is 2. The third kappa shape index (κ3) is 4.91. The van der Waals surface area contributed by atoms with Crippen molar-refractivity contribution in [3.8, 4) is 0 Å². The lowest BCUT2D eigenvalue weighted by molar-refractivity contribution is 0.0939. The first-order valence-electron chi connectivity index (χ1n) is 8.81. The minimum Gasteiger partial charge on any atom is -0.378 e. The molecular formula is C19H22BrN3O4S. The third-order valence-electron chi connectivity index (χ3n) is 4.63. The van der Waals surface area contributed by atoms with Crippen LogP contribution in [-0.4, -0.2) is 40.6 Å². The molecule has 1 heterocycles. The van der Waals surface area contributed by atoms with Gasteiger partial charge in [0.2, 0.25) is 10.0 Å². The number of halogens is 1. The van der Waals surface area contributed by atoms with Crippen LogP contribution in [0, 0.1) is 0 Å². The Kier molecular flexibility index (Phi) is 6.39. The Balaban J connectivity index is 1.72. The summed E-state index contributed by atoms with van der Waals surface area (Å²) in [6, 6.07) is 11.9. The minimum atomic E-state index is -3.89. The average molecular weight is 468 g/mol. The largest absolute Gasteiger partial charge is 0.378 e. The molecular weight excluding hydrogens is 446 g/mol. The van der Waals surface area contributed by atoms with E-state index in [0.29, 0.717) is 4.47 Å². The average Bonchev–Trinajstić information content (AvgIpc) is 2.68. The molecule has 7 nitrogen and oxygen atoms in total. The van der Waals surface area contributed by atoms with E-state index >= 15 is 0 Å². The zero-order valence-electron chi connectivity index (χ0n) is 15.4. The molecule has 1 amide bonds. The van der Waals surface area contributed by atoms with E-state index < -0.39 is 10.0 Å². The van der Waals surface area contributed by atoms with Crippen LogP contribution in [-0.2, 0) is 14.8 Å². The summed E-state index contributed by atoms with van der Waals surface area (Å²) in [6.07, 6.45) is 0. The van der Waals surface area contributed by atoms with E-state index in [-0.39, 0.29) is 22.4 Å². The van der Waals surface area contributed by atoms with Gasteiger partial charge in [-0.05, 0) is 58.7 Å². The van der Waals surface area contributed by atoms with Gasteiger partial charge in [0.25, 0.3) is 5.91 Å². The molecule has 9 heteroatoms. The van der Waals surface area contributed by atoms with Gasteiger partial charge in [-0.2, -0.15) is 0 Å². The molecule has 1 aliphatic rings. The number of ether oxygens (including phenoxy) is 1. The van der Waals surface area contributed by atoms with Crippen LogP contribution in [0.25, 0.3) is 0 Å². The Morgan fingerprint density at radius 2 is 1.82 bits per heavy atom. The lowest BCUT2D eigenvalue weighted by atomic mass is 10.1. The second-order valence-corrected chi connectivity index (χ2v) is 8.99. The van der Waals surface area contributed by atoms with Gasteiger partial charge in [-0.15, -0.1) is 0 Å². The van der Waals surface area contributed by atoms with Crippen molar-refractivity contribution < 1.29 is 17.9 Å². The maximum absolute atomic E-state index is 12.6. The van der Waals surface area contributed by atoms with Crippen LogP contribution in [0.4, 0.5) is 5.69 Å². The quantitative estimate of drug-likeness (QED) is 0.702. The first kappa shape index (κ1) is 20.8. The molecule has 28 heavy (non-hydrogen) atoms. The van der Waals surface area contributed by atoms with Crippen LogP contribution in [0.15, 0.2) is 51.8 Å². The lowest BCUT2D eigenvalue weighted by Crippen LogP contribution is -2.36. The molecule has 2 aromatic carbocycles. The number of nitrogens with two attached hydrogens (primary N) is 1. The topological polar surface area (TPSA) is 102 Å². The van der Waals surface area contributed by atoms with Gasteiger partial charge in [-0.1, -0.05) is 12.1 Å². The normalized spacial score (nSPS) is 15.9. The van der Waals surface area contributed by atoms with E-state index in [1.807, 2.05) is 31.2 Å². The molecule has 0 bridgehead atoms. The Labute approximate surface area is 173 Å². The Morgan fingerprint density at radius 3 is 2.43 bits per heavy atom. The number of primary sulfonamides is 1. The van der Waals surface area contributed by atoms with Crippen LogP contribution in [0.2, 0.25) is 0 Å². The number of rotatable bonds is 5. The fraction of sp³-hybridized carbons (Fsp3) is 0.316. The molecule has 2 aromatic rings. The van der Waals surface area contributed by atoms with Crippen LogP contribution in [0.3, 0.4) is 0 Å². The molecule has 1 atom stereocenters. The summed E-state index contributed by atoms with van der Waals surface area (Å²) >= 11 is 3.29. The van der Waals surface area contributed by atoms with E-state index in [9.17, 15) is 13.2 Å². The second-order valence-electron chi connectivity index (χ2n) is 6.57. The first-order chi connectivity index (χ1) is 13.3. The number of sulfonamides is 1. The van der Waals surface area contributed by atoms with Gasteiger partial charge < -0.3 is 15.0 Å². The number of anilines is 1. The van der Waals surface area contributed by atoms with Crippen LogP contribution in [0.1, 0.15) is 28.9 Å². The van der Waals surface area contributed by atoms with Crippen molar-refractivity contribution in [2.24, 2.45) is 5.14 Å². The summed E-state index contributed by atoms with van der Waals surface area (Å²) in [5.41, 5.74) is 2.28. The first-order valence-corrected chi connectivity index (χ1v) is 11.2. The summed E-state index contributed by atoms with van der Waals surface area (Å²) in [7, 11) is -3.89. The van der Waals surface area contributed by atoms with E-state index in [4.69, 9.17) is 9.88 Å². The summed E-state index contributed by atoms with van der Waals surface area (Å²) in [5, 5.41) is 8.05. The zero-order valence-corrected chi connectivity index (χ0v) is 17.8. The van der Waals surface area contributed by atoms with Crippen LogP contribution in [0.5, 0.6) is 0 Å². The predicted molar refractivity (Wildman–Crippen MR) is 111 cm³/mol. The lowest BCUT2D eigenvalue weighted by Gasteiger charge is -2.29. The molecule has 0 spiro atoms. The van der Waals surface area contributed by atoms with E-state index in [2.05, 4.69) is 26.1 Å².